The third-order valence-corrected chi connectivity index (χ3v) is 7.76. The number of anilines is 1. The number of hydrazine groups is 1. The molecule has 2 aromatic rings. The molecular weight excluding hydrogens is 390 g/mol. The summed E-state index contributed by atoms with van der Waals surface area (Å²) in [6.07, 6.45) is 3.90. The molecule has 2 aromatic carbocycles. The van der Waals surface area contributed by atoms with Crippen molar-refractivity contribution >= 4 is 23.7 Å². The predicted octanol–water partition coefficient (Wildman–Crippen LogP) is 4.17. The molecule has 1 spiro atoms. The molecule has 5 rings (SSSR count). The zero-order valence-electron chi connectivity index (χ0n) is 17.9. The van der Waals surface area contributed by atoms with Gasteiger partial charge in [-0.2, -0.15) is 0 Å². The average Bonchev–Trinajstić information content (AvgIpc) is 3.30. The van der Waals surface area contributed by atoms with Gasteiger partial charge in [0.2, 0.25) is 0 Å². The van der Waals surface area contributed by atoms with Crippen molar-refractivity contribution in [2.75, 3.05) is 5.01 Å². The summed E-state index contributed by atoms with van der Waals surface area (Å²) >= 11 is 0. The van der Waals surface area contributed by atoms with Crippen LogP contribution >= 0.6 is 0 Å². The zero-order valence-corrected chi connectivity index (χ0v) is 17.9. The van der Waals surface area contributed by atoms with E-state index in [9.17, 15) is 9.59 Å². The second kappa shape index (κ2) is 7.22. The van der Waals surface area contributed by atoms with Crippen LogP contribution in [-0.4, -0.2) is 29.1 Å². The monoisotopic (exact) mass is 417 g/mol. The van der Waals surface area contributed by atoms with Gasteiger partial charge < -0.3 is 4.84 Å². The minimum atomic E-state index is -0.540. The molecule has 31 heavy (non-hydrogen) atoms. The van der Waals surface area contributed by atoms with E-state index in [2.05, 4.69) is 19.0 Å². The fourth-order valence-electron chi connectivity index (χ4n) is 6.08. The van der Waals surface area contributed by atoms with Gasteiger partial charge in [-0.3, -0.25) is 9.59 Å². The first-order valence-corrected chi connectivity index (χ1v) is 10.9. The maximum Gasteiger partial charge on any atom is 0.287 e. The molecule has 2 bridgehead atoms. The maximum absolute atomic E-state index is 13.9. The number of fused-ring (bicyclic) bond motifs is 1. The van der Waals surface area contributed by atoms with Crippen LogP contribution in [0, 0.1) is 16.7 Å². The largest absolute Gasteiger partial charge is 0.391 e. The van der Waals surface area contributed by atoms with Gasteiger partial charge in [0.25, 0.3) is 11.8 Å². The van der Waals surface area contributed by atoms with Gasteiger partial charge in [-0.25, -0.2) is 10.0 Å². The summed E-state index contributed by atoms with van der Waals surface area (Å²) in [4.78, 5) is 32.5. The van der Waals surface area contributed by atoms with Crippen LogP contribution in [0.2, 0.25) is 0 Å². The van der Waals surface area contributed by atoms with Gasteiger partial charge in [0.15, 0.2) is 0 Å². The lowest BCUT2D eigenvalue weighted by Gasteiger charge is -2.34. The number of carbonyl (C=O) groups is 2. The molecule has 6 heteroatoms. The lowest BCUT2D eigenvalue weighted by atomic mass is 9.67. The molecule has 1 heterocycles. The van der Waals surface area contributed by atoms with Crippen molar-refractivity contribution in [1.82, 2.24) is 5.01 Å². The molecule has 0 unspecified atom stereocenters. The van der Waals surface area contributed by atoms with Gasteiger partial charge in [0, 0.05) is 0 Å². The van der Waals surface area contributed by atoms with Crippen molar-refractivity contribution in [2.24, 2.45) is 21.9 Å². The second-order valence-electron chi connectivity index (χ2n) is 9.31. The molecule has 1 aliphatic heterocycles. The summed E-state index contributed by atoms with van der Waals surface area (Å²) in [7, 11) is 0. The van der Waals surface area contributed by atoms with Gasteiger partial charge in [-0.05, 0) is 48.3 Å². The number of nitrogens with zero attached hydrogens (tertiary/aromatic N) is 3. The molecule has 160 valence electrons. The van der Waals surface area contributed by atoms with Crippen LogP contribution in [0.25, 0.3) is 0 Å². The van der Waals surface area contributed by atoms with Crippen molar-refractivity contribution in [3.8, 4) is 0 Å². The van der Waals surface area contributed by atoms with E-state index < -0.39 is 5.41 Å². The summed E-state index contributed by atoms with van der Waals surface area (Å²) in [6, 6.07) is 18.9. The second-order valence-corrected chi connectivity index (χ2v) is 9.31. The minimum Gasteiger partial charge on any atom is -0.391 e. The molecule has 3 atom stereocenters. The molecule has 3 aliphatic rings. The first-order valence-electron chi connectivity index (χ1n) is 10.9. The van der Waals surface area contributed by atoms with Crippen molar-refractivity contribution in [3.05, 3.63) is 66.2 Å². The first kappa shape index (κ1) is 19.8. The van der Waals surface area contributed by atoms with E-state index in [4.69, 9.17) is 4.84 Å². The third-order valence-electron chi connectivity index (χ3n) is 7.76. The standard InChI is InChI=1S/C25H27N3O3/c1-24(2)19-13-14-25(24)21(15-19)28(27(23(25)30)20-11-7-4-8-12-20)22(29)16-26-31-17-18-9-5-3-6-10-18/h3-12,16,19,21H,13-15,17H2,1-2H3/b26-16+/t19-,21-,25+/m1/s1. The quantitative estimate of drug-likeness (QED) is 0.542. The van der Waals surface area contributed by atoms with Crippen molar-refractivity contribution in [3.63, 3.8) is 0 Å². The van der Waals surface area contributed by atoms with E-state index in [1.807, 2.05) is 60.7 Å². The zero-order chi connectivity index (χ0) is 21.6. The lowest BCUT2D eigenvalue weighted by Crippen LogP contribution is -2.48. The first-order chi connectivity index (χ1) is 15.0. The van der Waals surface area contributed by atoms with Crippen molar-refractivity contribution in [1.29, 1.82) is 0 Å². The van der Waals surface area contributed by atoms with E-state index in [1.165, 1.54) is 6.21 Å². The molecule has 0 aromatic heterocycles. The van der Waals surface area contributed by atoms with E-state index in [0.29, 0.717) is 11.6 Å². The van der Waals surface area contributed by atoms with Gasteiger partial charge >= 0.3 is 0 Å². The Kier molecular flexibility index (Phi) is 4.61. The normalized spacial score (nSPS) is 28.4. The fourth-order valence-corrected chi connectivity index (χ4v) is 6.08. The van der Waals surface area contributed by atoms with E-state index >= 15 is 0 Å². The molecule has 6 nitrogen and oxygen atoms in total. The van der Waals surface area contributed by atoms with Gasteiger partial charge in [-0.15, -0.1) is 0 Å². The number of para-hydroxylation sites is 1. The molecule has 0 radical (unpaired) electrons. The third kappa shape index (κ3) is 2.81. The Morgan fingerprint density at radius 3 is 2.48 bits per heavy atom. The highest BCUT2D eigenvalue weighted by molar-refractivity contribution is 6.28. The summed E-state index contributed by atoms with van der Waals surface area (Å²) in [5, 5.41) is 7.14. The van der Waals surface area contributed by atoms with Crippen LogP contribution < -0.4 is 5.01 Å². The number of carbonyl (C=O) groups excluding carboxylic acids is 2. The summed E-state index contributed by atoms with van der Waals surface area (Å²) in [5.74, 6) is 0.150. The van der Waals surface area contributed by atoms with Crippen LogP contribution in [0.5, 0.6) is 0 Å². The number of hydrogen-bond donors (Lipinski definition) is 0. The Balaban J connectivity index is 1.43. The Labute approximate surface area is 182 Å². The number of rotatable bonds is 5. The van der Waals surface area contributed by atoms with Gasteiger partial charge in [0.05, 0.1) is 17.1 Å². The Morgan fingerprint density at radius 2 is 1.81 bits per heavy atom. The van der Waals surface area contributed by atoms with E-state index in [-0.39, 0.29) is 29.9 Å². The summed E-state index contributed by atoms with van der Waals surface area (Å²) < 4.78 is 0. The van der Waals surface area contributed by atoms with Crippen LogP contribution in [0.1, 0.15) is 38.7 Å². The van der Waals surface area contributed by atoms with E-state index in [1.54, 1.807) is 10.0 Å². The molecule has 0 N–H and O–H groups in total. The number of hydrogen-bond acceptors (Lipinski definition) is 4. The number of amides is 2. The highest BCUT2D eigenvalue weighted by atomic mass is 16.6. The summed E-state index contributed by atoms with van der Waals surface area (Å²) in [5.41, 5.74) is 1.00. The van der Waals surface area contributed by atoms with Crippen LogP contribution in [0.3, 0.4) is 0 Å². The van der Waals surface area contributed by atoms with Crippen molar-refractivity contribution in [2.45, 2.75) is 45.8 Å². The topological polar surface area (TPSA) is 62.2 Å². The Morgan fingerprint density at radius 1 is 1.13 bits per heavy atom. The maximum atomic E-state index is 13.9. The molecule has 2 amide bonds. The Hall–Kier alpha value is -3.15. The highest BCUT2D eigenvalue weighted by Crippen LogP contribution is 2.70. The number of benzene rings is 2. The molecule has 3 fully saturated rings. The smallest absolute Gasteiger partial charge is 0.287 e. The molecular formula is C25H27N3O3. The molecule has 2 aliphatic carbocycles. The molecule has 2 saturated carbocycles. The summed E-state index contributed by atoms with van der Waals surface area (Å²) in [6.45, 7) is 4.67. The van der Waals surface area contributed by atoms with Gasteiger partial charge in [0.1, 0.15) is 12.8 Å². The highest BCUT2D eigenvalue weighted by Gasteiger charge is 2.75. The van der Waals surface area contributed by atoms with Crippen LogP contribution in [-0.2, 0) is 21.0 Å². The van der Waals surface area contributed by atoms with E-state index in [0.717, 1.165) is 24.8 Å². The van der Waals surface area contributed by atoms with Gasteiger partial charge in [-0.1, -0.05) is 67.5 Å². The van der Waals surface area contributed by atoms with Crippen LogP contribution in [0.4, 0.5) is 5.69 Å². The minimum absolute atomic E-state index is 0.0284. The average molecular weight is 418 g/mol. The van der Waals surface area contributed by atoms with Crippen molar-refractivity contribution < 1.29 is 14.4 Å². The van der Waals surface area contributed by atoms with Crippen LogP contribution in [0.15, 0.2) is 65.8 Å². The SMILES string of the molecule is CC1(C)[C@@H]2CC[C@]13C(=O)N(c1ccccc1)N(C(=O)/C=N/OCc1ccccc1)[C@@H]3C2. The lowest BCUT2D eigenvalue weighted by molar-refractivity contribution is -0.130. The fraction of sp³-hybridized carbons (Fsp3) is 0.400. The Bertz CT molecular complexity index is 1020. The number of oxime groups is 1. The predicted molar refractivity (Wildman–Crippen MR) is 118 cm³/mol. The molecule has 1 saturated heterocycles.